The van der Waals surface area contributed by atoms with Gasteiger partial charge in [-0.1, -0.05) is 121 Å². The first-order chi connectivity index (χ1) is 17.2. The molecular formula is C24H28N8P4. The summed E-state index contributed by atoms with van der Waals surface area (Å²) in [4.78, 5) is 0. The highest BCUT2D eigenvalue weighted by Gasteiger charge is 2.34. The van der Waals surface area contributed by atoms with Crippen LogP contribution in [-0.2, 0) is 0 Å². The number of hydrogen-bond acceptors (Lipinski definition) is 8. The van der Waals surface area contributed by atoms with Crippen LogP contribution in [-0.4, -0.2) is 0 Å². The monoisotopic (exact) mass is 552 g/mol. The molecular weight excluding hydrogens is 524 g/mol. The van der Waals surface area contributed by atoms with Gasteiger partial charge in [-0.25, -0.2) is 18.1 Å². The largest absolute Gasteiger partial charge is 0.276 e. The maximum Gasteiger partial charge on any atom is 0.172 e. The van der Waals surface area contributed by atoms with Crippen LogP contribution in [0.15, 0.2) is 139 Å². The summed E-state index contributed by atoms with van der Waals surface area (Å²) < 4.78 is 20.6. The molecule has 184 valence electrons. The van der Waals surface area contributed by atoms with E-state index in [-0.39, 0.29) is 0 Å². The highest BCUT2D eigenvalue weighted by Crippen LogP contribution is 2.70. The molecule has 0 bridgehead atoms. The summed E-state index contributed by atoms with van der Waals surface area (Å²) in [6.45, 7) is 0. The fourth-order valence-corrected chi connectivity index (χ4v) is 18.2. The summed E-state index contributed by atoms with van der Waals surface area (Å²) in [7, 11) is -12.5. The summed E-state index contributed by atoms with van der Waals surface area (Å²) in [5.41, 5.74) is 28.5. The normalized spacial score (nSPS) is 29.9. The van der Waals surface area contributed by atoms with Crippen molar-refractivity contribution < 1.29 is 0 Å². The smallest absolute Gasteiger partial charge is 0.172 e. The predicted molar refractivity (Wildman–Crippen MR) is 158 cm³/mol. The number of hydrogen-bond donors (Lipinski definition) is 4. The van der Waals surface area contributed by atoms with Crippen LogP contribution in [0, 0.1) is 0 Å². The summed E-state index contributed by atoms with van der Waals surface area (Å²) in [6, 6.07) is 38.2. The average molecular weight is 552 g/mol. The van der Waals surface area contributed by atoms with Crippen LogP contribution in [0.4, 0.5) is 0 Å². The van der Waals surface area contributed by atoms with Gasteiger partial charge < -0.3 is 0 Å². The quantitative estimate of drug-likeness (QED) is 0.255. The van der Waals surface area contributed by atoms with Gasteiger partial charge in [-0.2, -0.15) is 0 Å². The van der Waals surface area contributed by atoms with Crippen LogP contribution < -0.4 is 43.2 Å². The van der Waals surface area contributed by atoms with Crippen LogP contribution in [0.5, 0.6) is 0 Å². The van der Waals surface area contributed by atoms with Gasteiger partial charge in [0, 0.05) is 21.2 Å². The molecule has 1 aliphatic rings. The Morgan fingerprint density at radius 1 is 0.306 bits per heavy atom. The molecule has 12 heteroatoms. The summed E-state index contributed by atoms with van der Waals surface area (Å²) >= 11 is 0. The van der Waals surface area contributed by atoms with Crippen molar-refractivity contribution >= 4 is 50.6 Å². The Morgan fingerprint density at radius 2 is 0.472 bits per heavy atom. The lowest BCUT2D eigenvalue weighted by Gasteiger charge is -2.31. The molecule has 36 heavy (non-hydrogen) atoms. The van der Waals surface area contributed by atoms with Crippen molar-refractivity contribution in [3.05, 3.63) is 121 Å². The van der Waals surface area contributed by atoms with Gasteiger partial charge in [0.25, 0.3) is 0 Å². The van der Waals surface area contributed by atoms with Gasteiger partial charge in [-0.15, -0.1) is 0 Å². The Labute approximate surface area is 211 Å². The maximum absolute atomic E-state index is 7.13. The van der Waals surface area contributed by atoms with Crippen molar-refractivity contribution in [3.63, 3.8) is 0 Å². The minimum Gasteiger partial charge on any atom is -0.276 e. The molecule has 4 aromatic carbocycles. The van der Waals surface area contributed by atoms with E-state index in [9.17, 15) is 0 Å². The van der Waals surface area contributed by atoms with Gasteiger partial charge >= 0.3 is 0 Å². The van der Waals surface area contributed by atoms with E-state index < -0.39 is 29.4 Å². The van der Waals surface area contributed by atoms with Gasteiger partial charge in [0.15, 0.2) is 29.4 Å². The van der Waals surface area contributed by atoms with Crippen LogP contribution in [0.3, 0.4) is 0 Å². The van der Waals surface area contributed by atoms with E-state index >= 15 is 0 Å². The highest BCUT2D eigenvalue weighted by atomic mass is 31.3. The standard InChI is InChI=1S/C24H28N8P4/c25-33(21-13-5-1-6-14-21)29-34(26,22-15-7-2-8-16-22)31-36(28,24-19-11-4-12-20-24)32-35(27,30-33)23-17-9-3-10-18-23/h1-20H,25-28H2. The molecule has 0 spiro atoms. The Bertz CT molecular complexity index is 1340. The van der Waals surface area contributed by atoms with Crippen molar-refractivity contribution in [2.24, 2.45) is 40.1 Å². The molecule has 1 heterocycles. The molecule has 0 radical (unpaired) electrons. The molecule has 0 atom stereocenters. The summed E-state index contributed by atoms with van der Waals surface area (Å²) in [5, 5.41) is 3.04. The minimum absolute atomic E-state index is 0.759. The second-order valence-electron chi connectivity index (χ2n) is 8.30. The molecule has 0 aliphatic carbocycles. The molecule has 0 unspecified atom stereocenters. The van der Waals surface area contributed by atoms with E-state index in [1.165, 1.54) is 0 Å². The maximum atomic E-state index is 7.13. The highest BCUT2D eigenvalue weighted by molar-refractivity contribution is 7.92. The van der Waals surface area contributed by atoms with Crippen molar-refractivity contribution in [2.75, 3.05) is 0 Å². The molecule has 0 saturated carbocycles. The lowest BCUT2D eigenvalue weighted by Crippen LogP contribution is -2.20. The van der Waals surface area contributed by atoms with Crippen molar-refractivity contribution in [2.45, 2.75) is 0 Å². The first-order valence-electron chi connectivity index (χ1n) is 11.2. The average Bonchev–Trinajstić information content (AvgIpc) is 2.90. The lowest BCUT2D eigenvalue weighted by molar-refractivity contribution is 1.54. The van der Waals surface area contributed by atoms with E-state index in [0.29, 0.717) is 0 Å². The van der Waals surface area contributed by atoms with Gasteiger partial charge in [0.1, 0.15) is 0 Å². The number of benzene rings is 4. The number of nitrogens with two attached hydrogens (primary N) is 4. The van der Waals surface area contributed by atoms with Crippen LogP contribution >= 0.6 is 29.4 Å². The van der Waals surface area contributed by atoms with Crippen LogP contribution in [0.2, 0.25) is 0 Å². The third kappa shape index (κ3) is 4.93. The number of nitrogens with zero attached hydrogens (tertiary/aromatic N) is 4. The summed E-state index contributed by atoms with van der Waals surface area (Å²) in [6.07, 6.45) is 0. The van der Waals surface area contributed by atoms with Gasteiger partial charge in [-0.3, -0.25) is 22.0 Å². The number of rotatable bonds is 4. The Hall–Kier alpha value is -2.36. The fraction of sp³-hybridized carbons (Fsp3) is 0. The second-order valence-corrected chi connectivity index (χ2v) is 18.4. The van der Waals surface area contributed by atoms with Gasteiger partial charge in [0.2, 0.25) is 0 Å². The third-order valence-electron chi connectivity index (χ3n) is 5.64. The van der Waals surface area contributed by atoms with Crippen molar-refractivity contribution in [3.8, 4) is 0 Å². The van der Waals surface area contributed by atoms with Gasteiger partial charge in [-0.05, 0) is 0 Å². The topological polar surface area (TPSA) is 154 Å². The Morgan fingerprint density at radius 3 is 0.639 bits per heavy atom. The Balaban J connectivity index is 1.96. The zero-order valence-electron chi connectivity index (χ0n) is 19.4. The molecule has 0 aromatic heterocycles. The zero-order valence-corrected chi connectivity index (χ0v) is 23.0. The van der Waals surface area contributed by atoms with Crippen molar-refractivity contribution in [1.29, 1.82) is 0 Å². The first-order valence-corrected chi connectivity index (χ1v) is 18.2. The van der Waals surface area contributed by atoms with Gasteiger partial charge in [0.05, 0.1) is 0 Å². The van der Waals surface area contributed by atoms with Crippen LogP contribution in [0.25, 0.3) is 0 Å². The minimum atomic E-state index is -3.14. The molecule has 4 aromatic rings. The van der Waals surface area contributed by atoms with E-state index in [1.807, 2.05) is 121 Å². The van der Waals surface area contributed by atoms with Crippen LogP contribution in [0.1, 0.15) is 0 Å². The Kier molecular flexibility index (Phi) is 6.91. The molecule has 5 rings (SSSR count). The van der Waals surface area contributed by atoms with E-state index in [1.54, 1.807) is 0 Å². The molecule has 8 N–H and O–H groups in total. The molecule has 0 saturated heterocycles. The van der Waals surface area contributed by atoms with E-state index in [4.69, 9.17) is 40.1 Å². The predicted octanol–water partition coefficient (Wildman–Crippen LogP) is 5.26. The fourth-order valence-electron chi connectivity index (χ4n) is 3.91. The van der Waals surface area contributed by atoms with E-state index in [2.05, 4.69) is 0 Å². The SMILES string of the molecule is NP1(c2ccccc2)=NP(N)(c2ccccc2)=NP(N)(c2ccccc2)=NP(N)(c2ccccc2)=N1. The molecule has 0 fully saturated rings. The molecule has 8 nitrogen and oxygen atoms in total. The zero-order chi connectivity index (χ0) is 25.3. The first kappa shape index (κ1) is 25.3. The van der Waals surface area contributed by atoms with E-state index in [0.717, 1.165) is 21.2 Å². The molecule has 1 aliphatic heterocycles. The molecule has 0 amide bonds. The van der Waals surface area contributed by atoms with Crippen molar-refractivity contribution in [1.82, 2.24) is 0 Å². The second kappa shape index (κ2) is 9.84. The lowest BCUT2D eigenvalue weighted by atomic mass is 10.4. The summed E-state index contributed by atoms with van der Waals surface area (Å²) in [5.74, 6) is 0. The third-order valence-corrected chi connectivity index (χ3v) is 18.6.